The monoisotopic (exact) mass is 390 g/mol. The Balaban J connectivity index is 2.39. The van der Waals surface area contributed by atoms with E-state index in [4.69, 9.17) is 16.7 Å². The number of hydrogen-bond acceptors (Lipinski definition) is 4. The summed E-state index contributed by atoms with van der Waals surface area (Å²) in [5.74, 6) is -1.23. The zero-order valence-corrected chi connectivity index (χ0v) is 13.4. The zero-order valence-electron chi connectivity index (χ0n) is 10.2. The van der Waals surface area contributed by atoms with Gasteiger partial charge in [0.2, 0.25) is 0 Å². The fourth-order valence-corrected chi connectivity index (χ4v) is 3.41. The van der Waals surface area contributed by atoms with Crippen molar-refractivity contribution in [2.75, 3.05) is 4.72 Å². The molecule has 0 spiro atoms. The summed E-state index contributed by atoms with van der Waals surface area (Å²) in [7, 11) is -3.89. The van der Waals surface area contributed by atoms with Gasteiger partial charge in [-0.05, 0) is 40.2 Å². The van der Waals surface area contributed by atoms with Crippen LogP contribution in [0, 0.1) is 0 Å². The highest BCUT2D eigenvalue weighted by Gasteiger charge is 2.18. The number of aromatic nitrogens is 1. The zero-order chi connectivity index (χ0) is 15.6. The van der Waals surface area contributed by atoms with Crippen LogP contribution >= 0.6 is 27.5 Å². The molecule has 21 heavy (non-hydrogen) atoms. The van der Waals surface area contributed by atoms with E-state index in [0.717, 1.165) is 12.1 Å². The number of benzene rings is 1. The van der Waals surface area contributed by atoms with Crippen LogP contribution in [-0.2, 0) is 10.0 Å². The molecular formula is C12H8BrClN2O4S. The van der Waals surface area contributed by atoms with Crippen molar-refractivity contribution < 1.29 is 18.3 Å². The number of carboxylic acids is 1. The Morgan fingerprint density at radius 3 is 2.62 bits per heavy atom. The molecule has 0 saturated heterocycles. The van der Waals surface area contributed by atoms with Crippen LogP contribution in [0.2, 0.25) is 5.02 Å². The van der Waals surface area contributed by atoms with E-state index >= 15 is 0 Å². The number of carbonyl (C=O) groups is 1. The number of rotatable bonds is 4. The third kappa shape index (κ3) is 3.52. The molecule has 2 N–H and O–H groups in total. The lowest BCUT2D eigenvalue weighted by Crippen LogP contribution is -2.14. The third-order valence-electron chi connectivity index (χ3n) is 2.50. The molecular weight excluding hydrogens is 384 g/mol. The van der Waals surface area contributed by atoms with E-state index < -0.39 is 16.0 Å². The molecule has 0 fully saturated rings. The van der Waals surface area contributed by atoms with E-state index in [2.05, 4.69) is 25.6 Å². The van der Waals surface area contributed by atoms with E-state index in [1.807, 2.05) is 0 Å². The minimum Gasteiger partial charge on any atom is -0.478 e. The minimum absolute atomic E-state index is 0.138. The van der Waals surface area contributed by atoms with Gasteiger partial charge in [0.25, 0.3) is 10.0 Å². The number of nitrogens with zero attached hydrogens (tertiary/aromatic N) is 1. The fraction of sp³-hybridized carbons (Fsp3) is 0. The molecule has 0 bridgehead atoms. The lowest BCUT2D eigenvalue weighted by Gasteiger charge is -2.10. The van der Waals surface area contributed by atoms with Gasteiger partial charge in [-0.15, -0.1) is 0 Å². The molecule has 110 valence electrons. The maximum Gasteiger partial charge on any atom is 0.337 e. The highest BCUT2D eigenvalue weighted by molar-refractivity contribution is 9.10. The number of nitrogens with one attached hydrogen (secondary N) is 1. The summed E-state index contributed by atoms with van der Waals surface area (Å²) in [5.41, 5.74) is 0.143. The molecule has 0 atom stereocenters. The van der Waals surface area contributed by atoms with E-state index in [1.54, 1.807) is 0 Å². The first kappa shape index (κ1) is 15.7. The normalized spacial score (nSPS) is 11.1. The first-order chi connectivity index (χ1) is 9.81. The van der Waals surface area contributed by atoms with Gasteiger partial charge in [-0.3, -0.25) is 9.71 Å². The van der Waals surface area contributed by atoms with Crippen molar-refractivity contribution in [1.29, 1.82) is 0 Å². The second-order valence-corrected chi connectivity index (χ2v) is 6.85. The minimum atomic E-state index is -3.89. The Labute approximate surface area is 134 Å². The fourth-order valence-electron chi connectivity index (χ4n) is 1.50. The van der Waals surface area contributed by atoms with Gasteiger partial charge in [0.1, 0.15) is 0 Å². The number of halogens is 2. The predicted molar refractivity (Wildman–Crippen MR) is 81.2 cm³/mol. The van der Waals surface area contributed by atoms with Crippen LogP contribution in [0.15, 0.2) is 46.0 Å². The number of aromatic carboxylic acids is 1. The first-order valence-corrected chi connectivity index (χ1v) is 8.12. The van der Waals surface area contributed by atoms with Crippen LogP contribution in [0.5, 0.6) is 0 Å². The van der Waals surface area contributed by atoms with Crippen LogP contribution in [0.1, 0.15) is 10.4 Å². The molecule has 2 rings (SSSR count). The van der Waals surface area contributed by atoms with Gasteiger partial charge in [-0.1, -0.05) is 11.6 Å². The van der Waals surface area contributed by atoms with Gasteiger partial charge in [-0.2, -0.15) is 0 Å². The van der Waals surface area contributed by atoms with Crippen LogP contribution in [0.25, 0.3) is 0 Å². The van der Waals surface area contributed by atoms with Crippen molar-refractivity contribution in [1.82, 2.24) is 4.98 Å². The molecule has 9 heteroatoms. The highest BCUT2D eigenvalue weighted by atomic mass is 79.9. The molecule has 1 aromatic carbocycles. The summed E-state index contributed by atoms with van der Waals surface area (Å²) in [4.78, 5) is 14.5. The Morgan fingerprint density at radius 1 is 1.33 bits per heavy atom. The summed E-state index contributed by atoms with van der Waals surface area (Å²) in [6.07, 6.45) is 2.88. The van der Waals surface area contributed by atoms with Gasteiger partial charge in [0.15, 0.2) is 0 Å². The standard InChI is InChI=1S/C12H8BrClN2O4S/c13-9-6-15-4-3-11(9)16-21(19,20)7-1-2-8(12(17)18)10(14)5-7/h1-6H,(H,15,16)(H,17,18). The second kappa shape index (κ2) is 6.00. The molecule has 0 aliphatic heterocycles. The van der Waals surface area contributed by atoms with E-state index in [-0.39, 0.29) is 15.5 Å². The first-order valence-electron chi connectivity index (χ1n) is 5.46. The summed E-state index contributed by atoms with van der Waals surface area (Å²) in [6.45, 7) is 0. The van der Waals surface area contributed by atoms with Crippen LogP contribution in [0.3, 0.4) is 0 Å². The van der Waals surface area contributed by atoms with Crippen molar-refractivity contribution >= 4 is 49.2 Å². The lowest BCUT2D eigenvalue weighted by molar-refractivity contribution is 0.0697. The van der Waals surface area contributed by atoms with Crippen molar-refractivity contribution in [3.63, 3.8) is 0 Å². The molecule has 0 unspecified atom stereocenters. The number of sulfonamides is 1. The number of pyridine rings is 1. The quantitative estimate of drug-likeness (QED) is 0.835. The molecule has 0 saturated carbocycles. The summed E-state index contributed by atoms with van der Waals surface area (Å²) < 4.78 is 27.3. The van der Waals surface area contributed by atoms with Crippen molar-refractivity contribution in [3.05, 3.63) is 51.7 Å². The molecule has 1 aromatic heterocycles. The lowest BCUT2D eigenvalue weighted by atomic mass is 10.2. The molecule has 1 heterocycles. The van der Waals surface area contributed by atoms with Crippen LogP contribution < -0.4 is 4.72 Å². The molecule has 0 amide bonds. The van der Waals surface area contributed by atoms with Gasteiger partial charge in [-0.25, -0.2) is 13.2 Å². The molecule has 6 nitrogen and oxygen atoms in total. The average molecular weight is 392 g/mol. The molecule has 0 radical (unpaired) electrons. The second-order valence-electron chi connectivity index (χ2n) is 3.91. The van der Waals surface area contributed by atoms with Gasteiger partial charge in [0.05, 0.1) is 25.6 Å². The molecule has 0 aliphatic carbocycles. The van der Waals surface area contributed by atoms with E-state index in [9.17, 15) is 13.2 Å². The largest absolute Gasteiger partial charge is 0.478 e. The summed E-state index contributed by atoms with van der Waals surface area (Å²) >= 11 is 8.95. The molecule has 0 aliphatic rings. The summed E-state index contributed by atoms with van der Waals surface area (Å²) in [6, 6.07) is 4.88. The van der Waals surface area contributed by atoms with Gasteiger partial charge < -0.3 is 5.11 Å². The van der Waals surface area contributed by atoms with Crippen molar-refractivity contribution in [2.24, 2.45) is 0 Å². The molecule has 2 aromatic rings. The highest BCUT2D eigenvalue weighted by Crippen LogP contribution is 2.26. The van der Waals surface area contributed by atoms with Gasteiger partial charge >= 0.3 is 5.97 Å². The Morgan fingerprint density at radius 2 is 2.05 bits per heavy atom. The third-order valence-corrected chi connectivity index (χ3v) is 4.81. The number of carboxylic acid groups (broad SMARTS) is 1. The maximum absolute atomic E-state index is 12.2. The van der Waals surface area contributed by atoms with Crippen molar-refractivity contribution in [2.45, 2.75) is 4.90 Å². The van der Waals surface area contributed by atoms with Crippen molar-refractivity contribution in [3.8, 4) is 0 Å². The Kier molecular flexibility index (Phi) is 4.50. The SMILES string of the molecule is O=C(O)c1ccc(S(=O)(=O)Nc2ccncc2Br)cc1Cl. The van der Waals surface area contributed by atoms with Crippen LogP contribution in [0.4, 0.5) is 5.69 Å². The van der Waals surface area contributed by atoms with Crippen LogP contribution in [-0.4, -0.2) is 24.5 Å². The average Bonchev–Trinajstić information content (AvgIpc) is 2.40. The maximum atomic E-state index is 12.2. The van der Waals surface area contributed by atoms with E-state index in [1.165, 1.54) is 24.5 Å². The van der Waals surface area contributed by atoms with Gasteiger partial charge in [0, 0.05) is 12.4 Å². The Bertz CT molecular complexity index is 811. The van der Waals surface area contributed by atoms with E-state index in [0.29, 0.717) is 10.2 Å². The smallest absolute Gasteiger partial charge is 0.337 e. The predicted octanol–water partition coefficient (Wildman–Crippen LogP) is 3.00. The number of anilines is 1. The Hall–Kier alpha value is -1.64. The number of hydrogen-bond donors (Lipinski definition) is 2. The topological polar surface area (TPSA) is 96.4 Å². The summed E-state index contributed by atoms with van der Waals surface area (Å²) in [5, 5.41) is 8.71.